The molecule has 0 saturated carbocycles. The number of aryl methyl sites for hydroxylation is 2. The lowest BCUT2D eigenvalue weighted by atomic mass is 10.0. The van der Waals surface area contributed by atoms with Gasteiger partial charge in [0.25, 0.3) is 0 Å². The summed E-state index contributed by atoms with van der Waals surface area (Å²) in [4.78, 5) is 0. The molecule has 2 rings (SSSR count). The smallest absolute Gasteiger partial charge is 0.119 e. The van der Waals surface area contributed by atoms with Crippen molar-refractivity contribution in [2.45, 2.75) is 44.8 Å². The lowest BCUT2D eigenvalue weighted by Crippen LogP contribution is -2.42. The standard InChI is InChI=1S/C15H22O3/c1-15(2,17-3)14(16)10-18-13-8-7-11-5-4-6-12(11)9-13/h7-9,14,16H,4-6,10H2,1-3H3. The van der Waals surface area contributed by atoms with Crippen LogP contribution in [0.3, 0.4) is 0 Å². The first-order chi connectivity index (χ1) is 8.53. The van der Waals surface area contributed by atoms with Crippen LogP contribution >= 0.6 is 0 Å². The van der Waals surface area contributed by atoms with Crippen LogP contribution in [0.4, 0.5) is 0 Å². The van der Waals surface area contributed by atoms with Gasteiger partial charge in [0.1, 0.15) is 18.5 Å². The lowest BCUT2D eigenvalue weighted by molar-refractivity contribution is -0.0914. The van der Waals surface area contributed by atoms with Crippen molar-refractivity contribution in [2.75, 3.05) is 13.7 Å². The van der Waals surface area contributed by atoms with Crippen LogP contribution < -0.4 is 4.74 Å². The first-order valence-electron chi connectivity index (χ1n) is 6.51. The Morgan fingerprint density at radius 2 is 2.00 bits per heavy atom. The van der Waals surface area contributed by atoms with Gasteiger partial charge in [-0.25, -0.2) is 0 Å². The highest BCUT2D eigenvalue weighted by Gasteiger charge is 2.28. The maximum Gasteiger partial charge on any atom is 0.119 e. The highest BCUT2D eigenvalue weighted by molar-refractivity contribution is 5.38. The summed E-state index contributed by atoms with van der Waals surface area (Å²) in [5.74, 6) is 0.835. The van der Waals surface area contributed by atoms with E-state index in [4.69, 9.17) is 9.47 Å². The van der Waals surface area contributed by atoms with Gasteiger partial charge >= 0.3 is 0 Å². The molecule has 1 aromatic carbocycles. The topological polar surface area (TPSA) is 38.7 Å². The molecule has 18 heavy (non-hydrogen) atoms. The molecule has 0 spiro atoms. The average Bonchev–Trinajstić information content (AvgIpc) is 2.83. The molecule has 0 fully saturated rings. The Bertz CT molecular complexity index is 412. The molecule has 1 aromatic rings. The van der Waals surface area contributed by atoms with Crippen LogP contribution in [0.1, 0.15) is 31.4 Å². The van der Waals surface area contributed by atoms with Crippen LogP contribution in [-0.4, -0.2) is 30.5 Å². The second-order valence-electron chi connectivity index (χ2n) is 5.42. The summed E-state index contributed by atoms with van der Waals surface area (Å²) in [5, 5.41) is 9.98. The van der Waals surface area contributed by atoms with Crippen LogP contribution in [0.2, 0.25) is 0 Å². The van der Waals surface area contributed by atoms with E-state index < -0.39 is 11.7 Å². The largest absolute Gasteiger partial charge is 0.491 e. The number of ether oxygens (including phenoxy) is 2. The second-order valence-corrected chi connectivity index (χ2v) is 5.42. The third-order valence-corrected chi connectivity index (χ3v) is 3.81. The quantitative estimate of drug-likeness (QED) is 0.871. The van der Waals surface area contributed by atoms with Crippen LogP contribution in [0.25, 0.3) is 0 Å². The minimum Gasteiger partial charge on any atom is -0.491 e. The Hall–Kier alpha value is -1.06. The monoisotopic (exact) mass is 250 g/mol. The minimum atomic E-state index is -0.643. The fraction of sp³-hybridized carbons (Fsp3) is 0.600. The highest BCUT2D eigenvalue weighted by Crippen LogP contribution is 2.26. The van der Waals surface area contributed by atoms with Crippen molar-refractivity contribution in [2.24, 2.45) is 0 Å². The fourth-order valence-corrected chi connectivity index (χ4v) is 2.15. The molecule has 0 amide bonds. The van der Waals surface area contributed by atoms with Gasteiger partial charge in [0.2, 0.25) is 0 Å². The molecule has 0 bridgehead atoms. The number of methoxy groups -OCH3 is 1. The Kier molecular flexibility index (Phi) is 3.93. The Morgan fingerprint density at radius 3 is 2.72 bits per heavy atom. The zero-order chi connectivity index (χ0) is 13.2. The molecule has 1 atom stereocenters. The third kappa shape index (κ3) is 2.85. The molecule has 1 N–H and O–H groups in total. The van der Waals surface area contributed by atoms with E-state index in [1.807, 2.05) is 19.9 Å². The molecule has 100 valence electrons. The molecule has 0 aromatic heterocycles. The molecule has 1 unspecified atom stereocenters. The average molecular weight is 250 g/mol. The summed E-state index contributed by atoms with van der Waals surface area (Å²) < 4.78 is 10.9. The van der Waals surface area contributed by atoms with Gasteiger partial charge in [-0.1, -0.05) is 6.07 Å². The van der Waals surface area contributed by atoms with E-state index in [0.717, 1.165) is 12.2 Å². The number of rotatable bonds is 5. The van der Waals surface area contributed by atoms with Crippen molar-refractivity contribution in [3.05, 3.63) is 29.3 Å². The maximum atomic E-state index is 9.98. The van der Waals surface area contributed by atoms with Crippen molar-refractivity contribution in [1.82, 2.24) is 0 Å². The van der Waals surface area contributed by atoms with Gasteiger partial charge < -0.3 is 14.6 Å². The van der Waals surface area contributed by atoms with Gasteiger partial charge in [-0.15, -0.1) is 0 Å². The highest BCUT2D eigenvalue weighted by atomic mass is 16.5. The van der Waals surface area contributed by atoms with Crippen LogP contribution in [-0.2, 0) is 17.6 Å². The number of aliphatic hydroxyl groups excluding tert-OH is 1. The first-order valence-corrected chi connectivity index (χ1v) is 6.51. The van der Waals surface area contributed by atoms with E-state index in [0.29, 0.717) is 0 Å². The molecule has 0 heterocycles. The summed E-state index contributed by atoms with van der Waals surface area (Å²) in [6.07, 6.45) is 2.90. The fourth-order valence-electron chi connectivity index (χ4n) is 2.15. The molecule has 3 heteroatoms. The summed E-state index contributed by atoms with van der Waals surface area (Å²) >= 11 is 0. The lowest BCUT2D eigenvalue weighted by Gasteiger charge is -2.28. The molecule has 0 aliphatic heterocycles. The number of hydrogen-bond acceptors (Lipinski definition) is 3. The van der Waals surface area contributed by atoms with Crippen molar-refractivity contribution < 1.29 is 14.6 Å². The molecule has 3 nitrogen and oxygen atoms in total. The van der Waals surface area contributed by atoms with E-state index in [9.17, 15) is 5.11 Å². The minimum absolute atomic E-state index is 0.250. The van der Waals surface area contributed by atoms with E-state index in [2.05, 4.69) is 12.1 Å². The molecular formula is C15H22O3. The van der Waals surface area contributed by atoms with Gasteiger partial charge in [0.15, 0.2) is 0 Å². The van der Waals surface area contributed by atoms with E-state index in [-0.39, 0.29) is 6.61 Å². The van der Waals surface area contributed by atoms with E-state index in [1.165, 1.54) is 24.0 Å². The normalized spacial score (nSPS) is 16.4. The van der Waals surface area contributed by atoms with Crippen molar-refractivity contribution in [3.63, 3.8) is 0 Å². The van der Waals surface area contributed by atoms with E-state index in [1.54, 1.807) is 7.11 Å². The molecular weight excluding hydrogens is 228 g/mol. The van der Waals surface area contributed by atoms with Crippen molar-refractivity contribution >= 4 is 0 Å². The summed E-state index contributed by atoms with van der Waals surface area (Å²) in [6, 6.07) is 6.21. The second kappa shape index (κ2) is 5.29. The molecule has 1 aliphatic rings. The SMILES string of the molecule is COC(C)(C)C(O)COc1ccc2c(c1)CCC2. The zero-order valence-electron chi connectivity index (χ0n) is 11.4. The number of fused-ring (bicyclic) bond motifs is 1. The van der Waals surface area contributed by atoms with E-state index >= 15 is 0 Å². The van der Waals surface area contributed by atoms with Crippen molar-refractivity contribution in [3.8, 4) is 5.75 Å². The molecule has 0 radical (unpaired) electrons. The van der Waals surface area contributed by atoms with Crippen LogP contribution in [0.15, 0.2) is 18.2 Å². The maximum absolute atomic E-state index is 9.98. The van der Waals surface area contributed by atoms with Crippen molar-refractivity contribution in [1.29, 1.82) is 0 Å². The van der Waals surface area contributed by atoms with Gasteiger partial charge in [-0.05, 0) is 56.4 Å². The van der Waals surface area contributed by atoms with Crippen LogP contribution in [0, 0.1) is 0 Å². The Morgan fingerprint density at radius 1 is 1.28 bits per heavy atom. The zero-order valence-corrected chi connectivity index (χ0v) is 11.4. The van der Waals surface area contributed by atoms with Crippen LogP contribution in [0.5, 0.6) is 5.75 Å². The van der Waals surface area contributed by atoms with Gasteiger partial charge in [-0.3, -0.25) is 0 Å². The summed E-state index contributed by atoms with van der Waals surface area (Å²) in [5.41, 5.74) is 2.23. The Labute approximate surface area is 109 Å². The van der Waals surface area contributed by atoms with Gasteiger partial charge in [0, 0.05) is 7.11 Å². The first kappa shape index (κ1) is 13.4. The predicted octanol–water partition coefficient (Wildman–Crippen LogP) is 2.34. The predicted molar refractivity (Wildman–Crippen MR) is 71.1 cm³/mol. The Balaban J connectivity index is 1.94. The third-order valence-electron chi connectivity index (χ3n) is 3.81. The van der Waals surface area contributed by atoms with Gasteiger partial charge in [0.05, 0.1) is 5.60 Å². The van der Waals surface area contributed by atoms with Gasteiger partial charge in [-0.2, -0.15) is 0 Å². The summed E-state index contributed by atoms with van der Waals surface area (Å²) in [7, 11) is 1.60. The number of aliphatic hydroxyl groups is 1. The number of benzene rings is 1. The molecule has 0 saturated heterocycles. The summed E-state index contributed by atoms with van der Waals surface area (Å²) in [6.45, 7) is 3.95. The molecule has 1 aliphatic carbocycles. The number of hydrogen-bond donors (Lipinski definition) is 1.